The lowest BCUT2D eigenvalue weighted by atomic mass is 10.0. The molecule has 0 aromatic heterocycles. The fourth-order valence-electron chi connectivity index (χ4n) is 1.48. The second kappa shape index (κ2) is 5.91. The Morgan fingerprint density at radius 2 is 1.83 bits per heavy atom. The maximum atomic E-state index is 11.9. The highest BCUT2D eigenvalue weighted by molar-refractivity contribution is 6.31. The van der Waals surface area contributed by atoms with Crippen molar-refractivity contribution < 1.29 is 17.9 Å². The van der Waals surface area contributed by atoms with Crippen LogP contribution in [0.3, 0.4) is 0 Å². The van der Waals surface area contributed by atoms with E-state index in [-0.39, 0.29) is 6.61 Å². The standard InChI is InChI=1S/C12H15ClF3NO/c1-7-3-9(10(13)4-8(7)2)11(17)5-18-6-12(14,15)16/h3-4,11H,5-6,17H2,1-2H3. The zero-order chi connectivity index (χ0) is 13.9. The molecule has 2 N–H and O–H groups in total. The summed E-state index contributed by atoms with van der Waals surface area (Å²) < 4.78 is 40.3. The molecule has 0 saturated carbocycles. The van der Waals surface area contributed by atoms with Gasteiger partial charge in [0.15, 0.2) is 0 Å². The molecule has 0 aliphatic carbocycles. The zero-order valence-corrected chi connectivity index (χ0v) is 10.9. The largest absolute Gasteiger partial charge is 0.411 e. The predicted octanol–water partition coefficient (Wildman–Crippen LogP) is 3.54. The molecule has 18 heavy (non-hydrogen) atoms. The number of hydrogen-bond donors (Lipinski definition) is 1. The average Bonchev–Trinajstić information content (AvgIpc) is 2.21. The number of rotatable bonds is 4. The van der Waals surface area contributed by atoms with Crippen LogP contribution in [-0.2, 0) is 4.74 Å². The van der Waals surface area contributed by atoms with Gasteiger partial charge in [0.1, 0.15) is 6.61 Å². The number of hydrogen-bond acceptors (Lipinski definition) is 2. The summed E-state index contributed by atoms with van der Waals surface area (Å²) in [6.45, 7) is 2.26. The first kappa shape index (κ1) is 15.3. The van der Waals surface area contributed by atoms with Crippen LogP contribution in [0, 0.1) is 13.8 Å². The molecule has 1 unspecified atom stereocenters. The van der Waals surface area contributed by atoms with Crippen molar-refractivity contribution in [1.82, 2.24) is 0 Å². The number of aryl methyl sites for hydroxylation is 2. The second-order valence-electron chi connectivity index (χ2n) is 4.19. The van der Waals surface area contributed by atoms with E-state index in [0.717, 1.165) is 11.1 Å². The minimum atomic E-state index is -4.34. The average molecular weight is 282 g/mol. The fraction of sp³-hybridized carbons (Fsp3) is 0.500. The topological polar surface area (TPSA) is 35.2 Å². The molecule has 0 amide bonds. The van der Waals surface area contributed by atoms with E-state index in [2.05, 4.69) is 4.74 Å². The third-order valence-corrected chi connectivity index (χ3v) is 2.90. The highest BCUT2D eigenvalue weighted by atomic mass is 35.5. The van der Waals surface area contributed by atoms with Crippen LogP contribution in [0.1, 0.15) is 22.7 Å². The quantitative estimate of drug-likeness (QED) is 0.916. The fourth-order valence-corrected chi connectivity index (χ4v) is 1.84. The Hall–Kier alpha value is -0.780. The molecule has 1 atom stereocenters. The minimum Gasteiger partial charge on any atom is -0.370 e. The smallest absolute Gasteiger partial charge is 0.370 e. The van der Waals surface area contributed by atoms with Crippen LogP contribution >= 0.6 is 11.6 Å². The third-order valence-electron chi connectivity index (χ3n) is 2.58. The number of nitrogens with two attached hydrogens (primary N) is 1. The van der Waals surface area contributed by atoms with Crippen molar-refractivity contribution in [1.29, 1.82) is 0 Å². The Morgan fingerprint density at radius 1 is 1.28 bits per heavy atom. The molecule has 2 nitrogen and oxygen atoms in total. The summed E-state index contributed by atoms with van der Waals surface area (Å²) in [7, 11) is 0. The molecule has 6 heteroatoms. The lowest BCUT2D eigenvalue weighted by Crippen LogP contribution is -2.23. The maximum absolute atomic E-state index is 11.9. The summed E-state index contributed by atoms with van der Waals surface area (Å²) in [4.78, 5) is 0. The number of alkyl halides is 3. The van der Waals surface area contributed by atoms with Gasteiger partial charge in [-0.25, -0.2) is 0 Å². The normalized spacial score (nSPS) is 13.7. The minimum absolute atomic E-state index is 0.221. The summed E-state index contributed by atoms with van der Waals surface area (Å²) in [5, 5.41) is 0.446. The maximum Gasteiger partial charge on any atom is 0.411 e. The zero-order valence-electron chi connectivity index (χ0n) is 10.1. The van der Waals surface area contributed by atoms with Gasteiger partial charge in [-0.3, -0.25) is 0 Å². The Labute approximate surface area is 109 Å². The molecule has 1 aromatic carbocycles. The van der Waals surface area contributed by atoms with E-state index in [9.17, 15) is 13.2 Å². The van der Waals surface area contributed by atoms with E-state index in [0.29, 0.717) is 10.6 Å². The van der Waals surface area contributed by atoms with Gasteiger partial charge in [-0.1, -0.05) is 17.7 Å². The Morgan fingerprint density at radius 3 is 2.39 bits per heavy atom. The molecular formula is C12H15ClF3NO. The Bertz CT molecular complexity index is 421. The number of halogens is 4. The molecule has 1 rings (SSSR count). The van der Waals surface area contributed by atoms with E-state index >= 15 is 0 Å². The van der Waals surface area contributed by atoms with Gasteiger partial charge in [0, 0.05) is 5.02 Å². The Balaban J connectivity index is 2.67. The highest BCUT2D eigenvalue weighted by Crippen LogP contribution is 2.26. The SMILES string of the molecule is Cc1cc(Cl)c(C(N)COCC(F)(F)F)cc1C. The van der Waals surface area contributed by atoms with Crippen LogP contribution < -0.4 is 5.73 Å². The first-order chi connectivity index (χ1) is 8.20. The molecule has 1 aromatic rings. The van der Waals surface area contributed by atoms with Crippen LogP contribution in [-0.4, -0.2) is 19.4 Å². The van der Waals surface area contributed by atoms with Gasteiger partial charge in [0.25, 0.3) is 0 Å². The van der Waals surface area contributed by atoms with Crippen LogP contribution in [0.25, 0.3) is 0 Å². The first-order valence-electron chi connectivity index (χ1n) is 5.37. The van der Waals surface area contributed by atoms with Gasteiger partial charge >= 0.3 is 6.18 Å². The van der Waals surface area contributed by atoms with E-state index < -0.39 is 18.8 Å². The van der Waals surface area contributed by atoms with Crippen molar-refractivity contribution in [3.63, 3.8) is 0 Å². The Kier molecular flexibility index (Phi) is 5.01. The number of benzene rings is 1. The van der Waals surface area contributed by atoms with E-state index in [4.69, 9.17) is 17.3 Å². The van der Waals surface area contributed by atoms with Crippen LogP contribution in [0.5, 0.6) is 0 Å². The van der Waals surface area contributed by atoms with Gasteiger partial charge in [-0.05, 0) is 36.6 Å². The summed E-state index contributed by atoms with van der Waals surface area (Å²) >= 11 is 6.01. The van der Waals surface area contributed by atoms with Gasteiger partial charge in [-0.15, -0.1) is 0 Å². The molecule has 0 radical (unpaired) electrons. The van der Waals surface area contributed by atoms with Crippen LogP contribution in [0.15, 0.2) is 12.1 Å². The van der Waals surface area contributed by atoms with Crippen molar-refractivity contribution >= 4 is 11.6 Å². The predicted molar refractivity (Wildman–Crippen MR) is 64.7 cm³/mol. The van der Waals surface area contributed by atoms with E-state index in [1.165, 1.54) is 0 Å². The third kappa shape index (κ3) is 4.48. The summed E-state index contributed by atoms with van der Waals surface area (Å²) in [5.74, 6) is 0. The molecule has 0 aliphatic rings. The highest BCUT2D eigenvalue weighted by Gasteiger charge is 2.27. The van der Waals surface area contributed by atoms with Gasteiger partial charge in [0.05, 0.1) is 12.6 Å². The molecular weight excluding hydrogens is 267 g/mol. The molecule has 0 fully saturated rings. The van der Waals surface area contributed by atoms with Crippen LogP contribution in [0.2, 0.25) is 5.02 Å². The van der Waals surface area contributed by atoms with Gasteiger partial charge in [0.2, 0.25) is 0 Å². The van der Waals surface area contributed by atoms with Crippen molar-refractivity contribution in [2.24, 2.45) is 5.73 Å². The van der Waals surface area contributed by atoms with Crippen molar-refractivity contribution in [2.75, 3.05) is 13.2 Å². The van der Waals surface area contributed by atoms with E-state index in [1.54, 1.807) is 12.1 Å². The molecule has 0 spiro atoms. The van der Waals surface area contributed by atoms with Gasteiger partial charge in [-0.2, -0.15) is 13.2 Å². The lowest BCUT2D eigenvalue weighted by molar-refractivity contribution is -0.174. The summed E-state index contributed by atoms with van der Waals surface area (Å²) in [6.07, 6.45) is -4.34. The molecule has 0 aliphatic heterocycles. The van der Waals surface area contributed by atoms with Gasteiger partial charge < -0.3 is 10.5 Å². The van der Waals surface area contributed by atoms with Crippen molar-refractivity contribution in [2.45, 2.75) is 26.1 Å². The summed E-state index contributed by atoms with van der Waals surface area (Å²) in [5.41, 5.74) is 8.36. The number of ether oxygens (including phenoxy) is 1. The molecule has 0 bridgehead atoms. The van der Waals surface area contributed by atoms with Crippen molar-refractivity contribution in [3.8, 4) is 0 Å². The van der Waals surface area contributed by atoms with Crippen LogP contribution in [0.4, 0.5) is 13.2 Å². The monoisotopic (exact) mass is 281 g/mol. The first-order valence-corrected chi connectivity index (χ1v) is 5.75. The molecule has 0 saturated heterocycles. The molecule has 0 heterocycles. The second-order valence-corrected chi connectivity index (χ2v) is 4.60. The van der Waals surface area contributed by atoms with Crippen molar-refractivity contribution in [3.05, 3.63) is 33.8 Å². The lowest BCUT2D eigenvalue weighted by Gasteiger charge is -2.16. The van der Waals surface area contributed by atoms with E-state index in [1.807, 2.05) is 13.8 Å². The summed E-state index contributed by atoms with van der Waals surface area (Å²) in [6, 6.07) is 2.86. The molecule has 102 valence electrons.